The number of likely N-dealkylation sites (N-methyl/N-ethyl adjacent to an activating group) is 1. The van der Waals surface area contributed by atoms with Crippen molar-refractivity contribution in [2.75, 3.05) is 51.8 Å². The van der Waals surface area contributed by atoms with E-state index < -0.39 is 0 Å². The van der Waals surface area contributed by atoms with Crippen LogP contribution in [0.5, 0.6) is 0 Å². The molecule has 0 aromatic heterocycles. The first-order valence-corrected chi connectivity index (χ1v) is 8.13. The summed E-state index contributed by atoms with van der Waals surface area (Å²) in [6, 6.07) is 4.87. The number of morpholine rings is 1. The third kappa shape index (κ3) is 5.66. The van der Waals surface area contributed by atoms with Crippen LogP contribution in [0.4, 0.5) is 5.69 Å². The number of amides is 2. The normalized spacial score (nSPS) is 16.0. The smallest absolute Gasteiger partial charge is 0.279 e. The number of nitrogens with one attached hydrogen (secondary N) is 2. The minimum atomic E-state index is -0.221. The number of halogens is 2. The van der Waals surface area contributed by atoms with Crippen LogP contribution in [0.2, 0.25) is 10.0 Å². The second-order valence-corrected chi connectivity index (χ2v) is 6.32. The van der Waals surface area contributed by atoms with E-state index in [0.717, 1.165) is 4.90 Å². The van der Waals surface area contributed by atoms with Crippen LogP contribution in [0.3, 0.4) is 0 Å². The Labute approximate surface area is 145 Å². The van der Waals surface area contributed by atoms with Gasteiger partial charge in [0.2, 0.25) is 0 Å². The average molecular weight is 361 g/mol. The molecule has 8 heteroatoms. The lowest BCUT2D eigenvalue weighted by molar-refractivity contribution is -0.862. The molecule has 0 bridgehead atoms. The fraction of sp³-hybridized carbons (Fsp3) is 0.467. The van der Waals surface area contributed by atoms with Crippen molar-refractivity contribution in [3.63, 3.8) is 0 Å². The Morgan fingerprint density at radius 2 is 1.96 bits per heavy atom. The van der Waals surface area contributed by atoms with Crippen molar-refractivity contribution in [2.24, 2.45) is 0 Å². The molecule has 1 saturated heterocycles. The third-order valence-electron chi connectivity index (χ3n) is 3.48. The van der Waals surface area contributed by atoms with E-state index in [4.69, 9.17) is 27.9 Å². The highest BCUT2D eigenvalue weighted by atomic mass is 35.5. The lowest BCUT2D eigenvalue weighted by Gasteiger charge is -2.27. The zero-order valence-corrected chi connectivity index (χ0v) is 14.4. The first-order valence-electron chi connectivity index (χ1n) is 7.37. The maximum Gasteiger partial charge on any atom is 0.279 e. The van der Waals surface area contributed by atoms with Crippen molar-refractivity contribution < 1.29 is 19.2 Å². The van der Waals surface area contributed by atoms with Gasteiger partial charge in [-0.05, 0) is 18.2 Å². The monoisotopic (exact) mass is 360 g/mol. The molecular weight excluding hydrogens is 341 g/mol. The lowest BCUT2D eigenvalue weighted by Crippen LogP contribution is -3.11. The van der Waals surface area contributed by atoms with Gasteiger partial charge < -0.3 is 19.9 Å². The maximum absolute atomic E-state index is 12.1. The molecule has 1 aromatic rings. The average Bonchev–Trinajstić information content (AvgIpc) is 2.51. The fourth-order valence-corrected chi connectivity index (χ4v) is 2.64. The van der Waals surface area contributed by atoms with E-state index in [2.05, 4.69) is 5.32 Å². The van der Waals surface area contributed by atoms with E-state index in [-0.39, 0.29) is 24.9 Å². The topological polar surface area (TPSA) is 63.1 Å². The minimum Gasteiger partial charge on any atom is -0.378 e. The molecule has 2 N–H and O–H groups in total. The highest BCUT2D eigenvalue weighted by molar-refractivity contribution is 6.35. The van der Waals surface area contributed by atoms with Gasteiger partial charge in [0, 0.05) is 18.1 Å². The highest BCUT2D eigenvalue weighted by Gasteiger charge is 2.21. The van der Waals surface area contributed by atoms with Gasteiger partial charge in [-0.15, -0.1) is 0 Å². The SMILES string of the molecule is C[NH+](CC(=O)Nc1cc(Cl)ccc1Cl)CC(=O)N1CCOCC1. The summed E-state index contributed by atoms with van der Waals surface area (Å²) in [7, 11) is 1.80. The highest BCUT2D eigenvalue weighted by Crippen LogP contribution is 2.25. The van der Waals surface area contributed by atoms with Crippen molar-refractivity contribution in [2.45, 2.75) is 0 Å². The molecule has 0 aliphatic carbocycles. The van der Waals surface area contributed by atoms with Crippen LogP contribution < -0.4 is 10.2 Å². The van der Waals surface area contributed by atoms with Gasteiger partial charge in [-0.2, -0.15) is 0 Å². The number of carbonyl (C=O) groups excluding carboxylic acids is 2. The predicted octanol–water partition coefficient (Wildman–Crippen LogP) is 0.305. The Morgan fingerprint density at radius 3 is 2.65 bits per heavy atom. The second kappa shape index (κ2) is 8.49. The molecule has 0 spiro atoms. The number of nitrogens with zero attached hydrogens (tertiary/aromatic N) is 1. The largest absolute Gasteiger partial charge is 0.378 e. The van der Waals surface area contributed by atoms with Crippen LogP contribution in [-0.4, -0.2) is 63.2 Å². The van der Waals surface area contributed by atoms with Crippen molar-refractivity contribution in [3.05, 3.63) is 28.2 Å². The molecule has 2 amide bonds. The number of hydrogen-bond donors (Lipinski definition) is 2. The van der Waals surface area contributed by atoms with Crippen molar-refractivity contribution in [1.82, 2.24) is 4.90 Å². The lowest BCUT2D eigenvalue weighted by atomic mass is 10.3. The summed E-state index contributed by atoms with van der Waals surface area (Å²) in [5.41, 5.74) is 0.469. The number of rotatable bonds is 5. The molecule has 1 atom stereocenters. The Hall–Kier alpha value is -1.34. The van der Waals surface area contributed by atoms with E-state index >= 15 is 0 Å². The van der Waals surface area contributed by atoms with Crippen LogP contribution in [0.15, 0.2) is 18.2 Å². The molecule has 23 heavy (non-hydrogen) atoms. The van der Waals surface area contributed by atoms with Crippen molar-refractivity contribution >= 4 is 40.7 Å². The molecule has 1 aromatic carbocycles. The fourth-order valence-electron chi connectivity index (χ4n) is 2.31. The molecule has 1 aliphatic rings. The summed E-state index contributed by atoms with van der Waals surface area (Å²) in [4.78, 5) is 26.8. The molecule has 1 heterocycles. The van der Waals surface area contributed by atoms with Crippen LogP contribution in [0.25, 0.3) is 0 Å². The van der Waals surface area contributed by atoms with Crippen LogP contribution in [0, 0.1) is 0 Å². The quantitative estimate of drug-likeness (QED) is 0.794. The van der Waals surface area contributed by atoms with Crippen LogP contribution in [-0.2, 0) is 14.3 Å². The van der Waals surface area contributed by atoms with Gasteiger partial charge in [-0.1, -0.05) is 23.2 Å². The van der Waals surface area contributed by atoms with E-state index in [1.54, 1.807) is 30.1 Å². The predicted molar refractivity (Wildman–Crippen MR) is 89.1 cm³/mol. The number of hydrogen-bond acceptors (Lipinski definition) is 3. The molecule has 1 aliphatic heterocycles. The van der Waals surface area contributed by atoms with Gasteiger partial charge in [0.05, 0.1) is 31.0 Å². The summed E-state index contributed by atoms with van der Waals surface area (Å²) in [5.74, 6) is -0.194. The van der Waals surface area contributed by atoms with E-state index in [9.17, 15) is 9.59 Å². The summed E-state index contributed by atoms with van der Waals surface area (Å²) >= 11 is 11.9. The van der Waals surface area contributed by atoms with Crippen LogP contribution in [0.1, 0.15) is 0 Å². The van der Waals surface area contributed by atoms with E-state index in [1.807, 2.05) is 0 Å². The van der Waals surface area contributed by atoms with Gasteiger partial charge in [0.15, 0.2) is 13.1 Å². The summed E-state index contributed by atoms with van der Waals surface area (Å²) in [6.45, 7) is 2.78. The van der Waals surface area contributed by atoms with Crippen molar-refractivity contribution in [3.8, 4) is 0 Å². The second-order valence-electron chi connectivity index (χ2n) is 5.48. The Morgan fingerprint density at radius 1 is 1.26 bits per heavy atom. The van der Waals surface area contributed by atoms with Crippen LogP contribution >= 0.6 is 23.2 Å². The number of quaternary nitrogens is 1. The third-order valence-corrected chi connectivity index (χ3v) is 4.05. The zero-order chi connectivity index (χ0) is 16.8. The summed E-state index contributed by atoms with van der Waals surface area (Å²) in [6.07, 6.45) is 0. The molecule has 6 nitrogen and oxygen atoms in total. The van der Waals surface area contributed by atoms with Gasteiger partial charge in [-0.3, -0.25) is 9.59 Å². The molecule has 0 radical (unpaired) electrons. The Kier molecular flexibility index (Phi) is 6.65. The maximum atomic E-state index is 12.1. The van der Waals surface area contributed by atoms with Crippen molar-refractivity contribution in [1.29, 1.82) is 0 Å². The van der Waals surface area contributed by atoms with Gasteiger partial charge in [0.25, 0.3) is 11.8 Å². The number of ether oxygens (including phenoxy) is 1. The number of anilines is 1. The molecule has 1 unspecified atom stereocenters. The van der Waals surface area contributed by atoms with Gasteiger partial charge in [0.1, 0.15) is 0 Å². The molecular formula is C15H20Cl2N3O3+. The Bertz CT molecular complexity index is 577. The standard InChI is InChI=1S/C15H19Cl2N3O3/c1-19(10-15(22)20-4-6-23-7-5-20)9-14(21)18-13-8-11(16)2-3-12(13)17/h2-3,8H,4-7,9-10H2,1H3,(H,18,21)/p+1. The number of carbonyl (C=O) groups is 2. The molecule has 2 rings (SSSR count). The van der Waals surface area contributed by atoms with E-state index in [0.29, 0.717) is 42.0 Å². The first kappa shape index (κ1) is 18.0. The van der Waals surface area contributed by atoms with E-state index in [1.165, 1.54) is 0 Å². The Balaban J connectivity index is 1.82. The summed E-state index contributed by atoms with van der Waals surface area (Å²) in [5, 5.41) is 3.63. The minimum absolute atomic E-state index is 0.0272. The van der Waals surface area contributed by atoms with Gasteiger partial charge >= 0.3 is 0 Å². The molecule has 0 saturated carbocycles. The number of benzene rings is 1. The first-order chi connectivity index (χ1) is 11.0. The molecule has 1 fully saturated rings. The van der Waals surface area contributed by atoms with Gasteiger partial charge in [-0.25, -0.2) is 0 Å². The summed E-state index contributed by atoms with van der Waals surface area (Å²) < 4.78 is 5.22. The molecule has 126 valence electrons. The zero-order valence-electron chi connectivity index (χ0n) is 12.9.